The van der Waals surface area contributed by atoms with Gasteiger partial charge < -0.3 is 5.32 Å². The van der Waals surface area contributed by atoms with Gasteiger partial charge in [-0.2, -0.15) is 0 Å². The number of aryl methyl sites for hydroxylation is 1. The number of amides is 1. The van der Waals surface area contributed by atoms with Crippen molar-refractivity contribution < 1.29 is 9.18 Å². The summed E-state index contributed by atoms with van der Waals surface area (Å²) in [6.07, 6.45) is 8.37. The molecule has 27 heavy (non-hydrogen) atoms. The van der Waals surface area contributed by atoms with E-state index in [-0.39, 0.29) is 23.8 Å². The molecule has 1 aliphatic rings. The third kappa shape index (κ3) is 4.37. The Labute approximate surface area is 163 Å². The number of carbonyl (C=O) groups is 1. The van der Waals surface area contributed by atoms with Gasteiger partial charge >= 0.3 is 0 Å². The van der Waals surface area contributed by atoms with Gasteiger partial charge in [-0.15, -0.1) is 17.8 Å². The first-order chi connectivity index (χ1) is 13.0. The minimum Gasteiger partial charge on any atom is -0.347 e. The van der Waals surface area contributed by atoms with E-state index in [0.29, 0.717) is 17.1 Å². The number of terminal acetylenes is 1. The lowest BCUT2D eigenvalue weighted by molar-refractivity contribution is -0.128. The molecule has 3 rings (SSSR count). The Kier molecular flexibility index (Phi) is 6.25. The molecule has 2 atom stereocenters. The monoisotopic (exact) mass is 385 g/mol. The van der Waals surface area contributed by atoms with Gasteiger partial charge in [0.2, 0.25) is 5.91 Å². The molecule has 0 spiro atoms. The van der Waals surface area contributed by atoms with E-state index < -0.39 is 0 Å². The van der Waals surface area contributed by atoms with Gasteiger partial charge in [-0.05, 0) is 45.4 Å². The molecule has 4 nitrogen and oxygen atoms in total. The molecule has 2 heterocycles. The molecule has 0 aliphatic carbocycles. The number of carbonyl (C=O) groups excluding carboxylic acids is 1. The van der Waals surface area contributed by atoms with Gasteiger partial charge in [0.15, 0.2) is 0 Å². The van der Waals surface area contributed by atoms with Crippen LogP contribution in [-0.2, 0) is 4.79 Å². The predicted molar refractivity (Wildman–Crippen MR) is 107 cm³/mol. The number of piperidine rings is 1. The number of thiazole rings is 1. The van der Waals surface area contributed by atoms with Crippen molar-refractivity contribution in [2.75, 3.05) is 13.1 Å². The highest BCUT2D eigenvalue weighted by molar-refractivity contribution is 7.15. The van der Waals surface area contributed by atoms with Crippen LogP contribution in [0.2, 0.25) is 0 Å². The van der Waals surface area contributed by atoms with E-state index in [9.17, 15) is 9.18 Å². The topological polar surface area (TPSA) is 45.2 Å². The minimum absolute atomic E-state index is 0.00214. The van der Waals surface area contributed by atoms with Gasteiger partial charge in [0.1, 0.15) is 10.8 Å². The zero-order chi connectivity index (χ0) is 19.4. The molecule has 1 aromatic carbocycles. The largest absolute Gasteiger partial charge is 0.347 e. The fraction of sp³-hybridized carbons (Fsp3) is 0.429. The van der Waals surface area contributed by atoms with Crippen molar-refractivity contribution in [3.8, 4) is 22.9 Å². The van der Waals surface area contributed by atoms with Gasteiger partial charge in [0, 0.05) is 5.56 Å². The molecule has 0 bridgehead atoms. The fourth-order valence-corrected chi connectivity index (χ4v) is 4.62. The molecule has 0 unspecified atom stereocenters. The highest BCUT2D eigenvalue weighted by Crippen LogP contribution is 2.33. The number of benzene rings is 1. The van der Waals surface area contributed by atoms with E-state index in [2.05, 4.69) is 21.1 Å². The van der Waals surface area contributed by atoms with Crippen LogP contribution >= 0.6 is 11.3 Å². The summed E-state index contributed by atoms with van der Waals surface area (Å²) in [4.78, 5) is 20.3. The Morgan fingerprint density at radius 1 is 1.48 bits per heavy atom. The van der Waals surface area contributed by atoms with Crippen molar-refractivity contribution in [3.05, 3.63) is 40.7 Å². The molecule has 1 amide bonds. The zero-order valence-electron chi connectivity index (χ0n) is 15.7. The number of hydrogen-bond acceptors (Lipinski definition) is 4. The quantitative estimate of drug-likeness (QED) is 0.794. The van der Waals surface area contributed by atoms with Crippen molar-refractivity contribution >= 4 is 17.2 Å². The fourth-order valence-electron chi connectivity index (χ4n) is 3.53. The number of rotatable bonds is 5. The lowest BCUT2D eigenvalue weighted by Gasteiger charge is -2.33. The minimum atomic E-state index is -0.290. The maximum atomic E-state index is 14.1. The third-order valence-electron chi connectivity index (χ3n) is 4.90. The second-order valence-electron chi connectivity index (χ2n) is 6.86. The maximum Gasteiger partial charge on any atom is 0.237 e. The van der Waals surface area contributed by atoms with Gasteiger partial charge in [-0.25, -0.2) is 9.37 Å². The molecule has 0 saturated carbocycles. The van der Waals surface area contributed by atoms with Crippen molar-refractivity contribution in [2.45, 2.75) is 45.2 Å². The standard InChI is InChI=1S/C21H24FN3OS/c1-4-12-25-13-8-7-11-18(25)20(26)23-14(2)19-15(3)24-21(27-19)16-9-5-6-10-17(16)22/h1,5-6,9-10,14,18H,7-8,11-13H2,2-3H3,(H,23,26)/t14-,18+/m0/s1. The van der Waals surface area contributed by atoms with Crippen LogP contribution in [0, 0.1) is 25.1 Å². The summed E-state index contributed by atoms with van der Waals surface area (Å²) >= 11 is 1.42. The van der Waals surface area contributed by atoms with E-state index in [0.717, 1.165) is 36.4 Å². The van der Waals surface area contributed by atoms with Gasteiger partial charge in [0.05, 0.1) is 29.2 Å². The summed E-state index contributed by atoms with van der Waals surface area (Å²) in [5.41, 5.74) is 1.30. The van der Waals surface area contributed by atoms with Gasteiger partial charge in [-0.1, -0.05) is 24.5 Å². The number of nitrogens with zero attached hydrogens (tertiary/aromatic N) is 2. The molecule has 1 aromatic heterocycles. The average molecular weight is 386 g/mol. The van der Waals surface area contributed by atoms with E-state index in [1.165, 1.54) is 17.4 Å². The number of halogens is 1. The number of hydrogen-bond donors (Lipinski definition) is 1. The maximum absolute atomic E-state index is 14.1. The van der Waals surface area contributed by atoms with E-state index in [1.807, 2.05) is 13.8 Å². The molecule has 1 fully saturated rings. The Hall–Kier alpha value is -2.23. The molecule has 2 aromatic rings. The number of nitrogens with one attached hydrogen (secondary N) is 1. The summed E-state index contributed by atoms with van der Waals surface area (Å²) in [6, 6.07) is 6.24. The second kappa shape index (κ2) is 8.64. The van der Waals surface area contributed by atoms with Crippen LogP contribution in [0.5, 0.6) is 0 Å². The first kappa shape index (κ1) is 19.5. The molecular weight excluding hydrogens is 361 g/mol. The number of aromatic nitrogens is 1. The van der Waals surface area contributed by atoms with Crippen LogP contribution in [0.3, 0.4) is 0 Å². The number of likely N-dealkylation sites (tertiary alicyclic amines) is 1. The summed E-state index contributed by atoms with van der Waals surface area (Å²) in [6.45, 7) is 5.18. The molecule has 1 N–H and O–H groups in total. The van der Waals surface area contributed by atoms with Crippen LogP contribution in [0.1, 0.15) is 42.8 Å². The summed E-state index contributed by atoms with van der Waals surface area (Å²) in [7, 11) is 0. The Balaban J connectivity index is 1.74. The smallest absolute Gasteiger partial charge is 0.237 e. The van der Waals surface area contributed by atoms with Crippen LogP contribution in [-0.4, -0.2) is 34.9 Å². The van der Waals surface area contributed by atoms with Crippen LogP contribution in [0.15, 0.2) is 24.3 Å². The zero-order valence-corrected chi connectivity index (χ0v) is 16.5. The van der Waals surface area contributed by atoms with E-state index in [4.69, 9.17) is 6.42 Å². The molecule has 1 saturated heterocycles. The summed E-state index contributed by atoms with van der Waals surface area (Å²) in [5.74, 6) is 2.35. The Bertz CT molecular complexity index is 857. The molecule has 142 valence electrons. The first-order valence-corrected chi connectivity index (χ1v) is 10.0. The summed E-state index contributed by atoms with van der Waals surface area (Å²) in [5, 5.41) is 3.73. The van der Waals surface area contributed by atoms with Crippen LogP contribution in [0.25, 0.3) is 10.6 Å². The predicted octanol–water partition coefficient (Wildman–Crippen LogP) is 3.92. The lowest BCUT2D eigenvalue weighted by atomic mass is 10.0. The van der Waals surface area contributed by atoms with Crippen LogP contribution in [0.4, 0.5) is 4.39 Å². The third-order valence-corrected chi connectivity index (χ3v) is 6.27. The molecule has 0 radical (unpaired) electrons. The molecule has 1 aliphatic heterocycles. The Morgan fingerprint density at radius 3 is 3.00 bits per heavy atom. The Morgan fingerprint density at radius 2 is 2.26 bits per heavy atom. The molecule has 6 heteroatoms. The average Bonchev–Trinajstić information content (AvgIpc) is 3.04. The first-order valence-electron chi connectivity index (χ1n) is 9.21. The highest BCUT2D eigenvalue weighted by Gasteiger charge is 2.29. The SMILES string of the molecule is C#CCN1CCCC[C@@H]1C(=O)N[C@@H](C)c1sc(-c2ccccc2F)nc1C. The van der Waals surface area contributed by atoms with Crippen molar-refractivity contribution in [2.24, 2.45) is 0 Å². The van der Waals surface area contributed by atoms with Gasteiger partial charge in [-0.3, -0.25) is 9.69 Å². The summed E-state index contributed by atoms with van der Waals surface area (Å²) < 4.78 is 14.1. The van der Waals surface area contributed by atoms with E-state index >= 15 is 0 Å². The van der Waals surface area contributed by atoms with Crippen molar-refractivity contribution in [1.29, 1.82) is 0 Å². The van der Waals surface area contributed by atoms with Crippen LogP contribution < -0.4 is 5.32 Å². The molecular formula is C21H24FN3OS. The lowest BCUT2D eigenvalue weighted by Crippen LogP contribution is -2.49. The van der Waals surface area contributed by atoms with Crippen molar-refractivity contribution in [3.63, 3.8) is 0 Å². The van der Waals surface area contributed by atoms with Crippen molar-refractivity contribution in [1.82, 2.24) is 15.2 Å². The second-order valence-corrected chi connectivity index (χ2v) is 7.90. The highest BCUT2D eigenvalue weighted by atomic mass is 32.1. The normalized spacial score (nSPS) is 18.7. The van der Waals surface area contributed by atoms with Gasteiger partial charge in [0.25, 0.3) is 0 Å². The van der Waals surface area contributed by atoms with E-state index in [1.54, 1.807) is 18.2 Å².